The van der Waals surface area contributed by atoms with Crippen LogP contribution in [0, 0.1) is 0 Å². The summed E-state index contributed by atoms with van der Waals surface area (Å²) in [5.74, 6) is 0. The van der Waals surface area contributed by atoms with Gasteiger partial charge in [-0.3, -0.25) is 0 Å². The molecule has 0 unspecified atom stereocenters. The fraction of sp³-hybridized carbons (Fsp3) is 0.833. The lowest BCUT2D eigenvalue weighted by Gasteiger charge is -2.07. The molecule has 0 radical (unpaired) electrons. The van der Waals surface area contributed by atoms with Gasteiger partial charge in [-0.15, -0.1) is 0 Å². The maximum absolute atomic E-state index is 10.4. The van der Waals surface area contributed by atoms with Crippen molar-refractivity contribution in [2.45, 2.75) is 26.3 Å². The fourth-order valence-electron chi connectivity index (χ4n) is 0.268. The van der Waals surface area contributed by atoms with Gasteiger partial charge in [0, 0.05) is 1.37 Å². The van der Waals surface area contributed by atoms with Gasteiger partial charge in [-0.25, -0.2) is 4.79 Å². The molecular weight excluding hydrogens is 120 g/mol. The first-order valence-electron chi connectivity index (χ1n) is 3.32. The summed E-state index contributed by atoms with van der Waals surface area (Å²) in [6.07, 6.45) is -1.56. The number of carbonyl (C=O) groups excluding carboxylic acids is 1. The molecule has 0 spiro atoms. The summed E-state index contributed by atoms with van der Waals surface area (Å²) >= 11 is 0. The molecular formula is C6H12O3. The van der Waals surface area contributed by atoms with Crippen molar-refractivity contribution in [3.8, 4) is 0 Å². The van der Waals surface area contributed by atoms with Crippen LogP contribution in [0.25, 0.3) is 0 Å². The Morgan fingerprint density at radius 1 is 1.89 bits per heavy atom. The Morgan fingerprint density at radius 3 is 2.78 bits per heavy atom. The first-order chi connectivity index (χ1) is 4.57. The Labute approximate surface area is 56.4 Å². The standard InChI is InChI=1S/C6H12O3/c1-4-5(2)9-6(7)8-3/h5H,4H2,1-3H3/t5-/m1/s1/i4D/t4-,5+/m0. The van der Waals surface area contributed by atoms with Crippen molar-refractivity contribution in [1.29, 1.82) is 0 Å². The molecule has 0 aromatic heterocycles. The molecule has 0 aromatic carbocycles. The summed E-state index contributed by atoms with van der Waals surface area (Å²) in [7, 11) is 1.24. The van der Waals surface area contributed by atoms with E-state index in [2.05, 4.69) is 9.47 Å². The SMILES string of the molecule is [2H][C@@H](C)[C@@H](C)OC(=O)OC. The minimum atomic E-state index is -0.730. The van der Waals surface area contributed by atoms with Crippen LogP contribution in [0.5, 0.6) is 0 Å². The lowest BCUT2D eigenvalue weighted by atomic mass is 10.3. The molecule has 0 N–H and O–H groups in total. The van der Waals surface area contributed by atoms with Crippen molar-refractivity contribution >= 4 is 6.16 Å². The largest absolute Gasteiger partial charge is 0.508 e. The molecule has 0 aliphatic heterocycles. The number of rotatable bonds is 2. The Hall–Kier alpha value is -0.730. The van der Waals surface area contributed by atoms with Crippen molar-refractivity contribution in [1.82, 2.24) is 0 Å². The van der Waals surface area contributed by atoms with Crippen LogP contribution in [-0.2, 0) is 9.47 Å². The average Bonchev–Trinajstić information content (AvgIpc) is 1.87. The quantitative estimate of drug-likeness (QED) is 0.536. The van der Waals surface area contributed by atoms with Crippen LogP contribution in [0.2, 0.25) is 0 Å². The van der Waals surface area contributed by atoms with Gasteiger partial charge in [0.15, 0.2) is 0 Å². The summed E-state index contributed by atoms with van der Waals surface area (Å²) in [6, 6.07) is 0. The van der Waals surface area contributed by atoms with Crippen LogP contribution < -0.4 is 0 Å². The van der Waals surface area contributed by atoms with E-state index in [0.29, 0.717) is 0 Å². The van der Waals surface area contributed by atoms with Gasteiger partial charge in [-0.2, -0.15) is 0 Å². The number of hydrogen-bond acceptors (Lipinski definition) is 3. The monoisotopic (exact) mass is 133 g/mol. The highest BCUT2D eigenvalue weighted by atomic mass is 16.7. The number of methoxy groups -OCH3 is 1. The molecule has 0 heterocycles. The molecule has 3 nitrogen and oxygen atoms in total. The zero-order valence-corrected chi connectivity index (χ0v) is 5.88. The van der Waals surface area contributed by atoms with E-state index in [9.17, 15) is 4.79 Å². The van der Waals surface area contributed by atoms with E-state index < -0.39 is 18.7 Å². The third kappa shape index (κ3) is 3.82. The fourth-order valence-corrected chi connectivity index (χ4v) is 0.268. The molecule has 0 rings (SSSR count). The van der Waals surface area contributed by atoms with E-state index in [4.69, 9.17) is 1.37 Å². The molecule has 0 aliphatic carbocycles. The smallest absolute Gasteiger partial charge is 0.438 e. The second-order valence-corrected chi connectivity index (χ2v) is 1.61. The van der Waals surface area contributed by atoms with E-state index in [1.807, 2.05) is 0 Å². The molecule has 3 heteroatoms. The minimum Gasteiger partial charge on any atom is -0.438 e. The van der Waals surface area contributed by atoms with E-state index in [1.54, 1.807) is 13.8 Å². The van der Waals surface area contributed by atoms with Crippen LogP contribution in [-0.4, -0.2) is 19.4 Å². The predicted molar refractivity (Wildman–Crippen MR) is 33.2 cm³/mol. The molecule has 0 aliphatic rings. The summed E-state index contributed by atoms with van der Waals surface area (Å²) in [5.41, 5.74) is 0. The van der Waals surface area contributed by atoms with E-state index in [1.165, 1.54) is 7.11 Å². The molecule has 0 amide bonds. The third-order valence-corrected chi connectivity index (χ3v) is 0.918. The lowest BCUT2D eigenvalue weighted by molar-refractivity contribution is 0.0423. The summed E-state index contributed by atoms with van der Waals surface area (Å²) in [5, 5.41) is 0. The van der Waals surface area contributed by atoms with Crippen LogP contribution >= 0.6 is 0 Å². The summed E-state index contributed by atoms with van der Waals surface area (Å²) < 4.78 is 16.0. The van der Waals surface area contributed by atoms with Gasteiger partial charge < -0.3 is 9.47 Å². The molecule has 9 heavy (non-hydrogen) atoms. The van der Waals surface area contributed by atoms with Crippen LogP contribution in [0.1, 0.15) is 21.6 Å². The van der Waals surface area contributed by atoms with Gasteiger partial charge in [0.2, 0.25) is 0 Å². The maximum atomic E-state index is 10.4. The minimum absolute atomic E-state index is 0.410. The topological polar surface area (TPSA) is 35.5 Å². The van der Waals surface area contributed by atoms with Gasteiger partial charge in [-0.05, 0) is 13.3 Å². The second-order valence-electron chi connectivity index (χ2n) is 1.61. The lowest BCUT2D eigenvalue weighted by Crippen LogP contribution is -2.13. The van der Waals surface area contributed by atoms with Crippen LogP contribution in [0.3, 0.4) is 0 Å². The Kier molecular flexibility index (Phi) is 2.97. The molecule has 0 bridgehead atoms. The summed E-state index contributed by atoms with van der Waals surface area (Å²) in [4.78, 5) is 10.4. The highest BCUT2D eigenvalue weighted by molar-refractivity contribution is 5.59. The van der Waals surface area contributed by atoms with Gasteiger partial charge in [0.25, 0.3) is 0 Å². The molecule has 0 fully saturated rings. The highest BCUT2D eigenvalue weighted by Gasteiger charge is 2.04. The Balaban J connectivity index is 3.57. The van der Waals surface area contributed by atoms with E-state index >= 15 is 0 Å². The number of hydrogen-bond donors (Lipinski definition) is 0. The van der Waals surface area contributed by atoms with Crippen molar-refractivity contribution in [3.05, 3.63) is 0 Å². The molecule has 0 aromatic rings. The van der Waals surface area contributed by atoms with Crippen LogP contribution in [0.4, 0.5) is 4.79 Å². The zero-order valence-electron chi connectivity index (χ0n) is 6.88. The summed E-state index contributed by atoms with van der Waals surface area (Å²) in [6.45, 7) is 3.29. The van der Waals surface area contributed by atoms with Gasteiger partial charge in [-0.1, -0.05) is 6.92 Å². The predicted octanol–water partition coefficient (Wildman–Crippen LogP) is 1.57. The van der Waals surface area contributed by atoms with Crippen LogP contribution in [0.15, 0.2) is 0 Å². The first-order valence-corrected chi connectivity index (χ1v) is 2.74. The van der Waals surface area contributed by atoms with Gasteiger partial charge >= 0.3 is 6.16 Å². The van der Waals surface area contributed by atoms with Gasteiger partial charge in [0.1, 0.15) is 6.10 Å². The number of carbonyl (C=O) groups is 1. The average molecular weight is 133 g/mol. The Bertz CT molecular complexity index is 114. The van der Waals surface area contributed by atoms with E-state index in [-0.39, 0.29) is 0 Å². The van der Waals surface area contributed by atoms with E-state index in [0.717, 1.165) is 0 Å². The van der Waals surface area contributed by atoms with Gasteiger partial charge in [0.05, 0.1) is 7.11 Å². The van der Waals surface area contributed by atoms with Crippen molar-refractivity contribution in [2.75, 3.05) is 7.11 Å². The molecule has 2 atom stereocenters. The molecule has 0 saturated carbocycles. The Morgan fingerprint density at radius 2 is 2.44 bits per heavy atom. The number of ether oxygens (including phenoxy) is 2. The molecule has 54 valence electrons. The first kappa shape index (κ1) is 6.39. The van der Waals surface area contributed by atoms with Crippen molar-refractivity contribution in [2.24, 2.45) is 0 Å². The normalized spacial score (nSPS) is 17.4. The molecule has 0 saturated heterocycles. The zero-order chi connectivity index (χ0) is 8.15. The third-order valence-electron chi connectivity index (χ3n) is 0.918. The maximum Gasteiger partial charge on any atom is 0.508 e. The highest BCUT2D eigenvalue weighted by Crippen LogP contribution is 1.96. The van der Waals surface area contributed by atoms with Crippen molar-refractivity contribution < 1.29 is 15.6 Å². The second kappa shape index (κ2) is 4.18. The van der Waals surface area contributed by atoms with Crippen molar-refractivity contribution in [3.63, 3.8) is 0 Å².